The van der Waals surface area contributed by atoms with Gasteiger partial charge in [-0.1, -0.05) is 60.7 Å². The maximum atomic E-state index is 14.6. The fourth-order valence-corrected chi connectivity index (χ4v) is 10.2. The van der Waals surface area contributed by atoms with Gasteiger partial charge in [0, 0.05) is 61.8 Å². The molecule has 2 saturated carbocycles. The van der Waals surface area contributed by atoms with Crippen molar-refractivity contribution >= 4 is 35.0 Å². The number of carbonyl (C=O) groups is 4. The Morgan fingerprint density at radius 2 is 1.05 bits per heavy atom. The zero-order valence-corrected chi connectivity index (χ0v) is 36.1. The smallest absolute Gasteiger partial charge is 0.288 e. The molecule has 8 N–H and O–H groups in total. The molecule has 9 rings (SSSR count). The van der Waals surface area contributed by atoms with Gasteiger partial charge in [0.25, 0.3) is 35.2 Å². The van der Waals surface area contributed by atoms with Crippen LogP contribution in [0.3, 0.4) is 0 Å². The van der Waals surface area contributed by atoms with Crippen molar-refractivity contribution in [3.05, 3.63) is 130 Å². The minimum Gasteiger partial charge on any atom is -0.384 e. The summed E-state index contributed by atoms with van der Waals surface area (Å²) in [6, 6.07) is 29.6. The average Bonchev–Trinajstić information content (AvgIpc) is 3.63. The first kappa shape index (κ1) is 43.8. The summed E-state index contributed by atoms with van der Waals surface area (Å²) in [4.78, 5) is 60.0. The normalized spacial score (nSPS) is 24.1. The Kier molecular flexibility index (Phi) is 12.0. The maximum Gasteiger partial charge on any atom is 0.288 e. The second-order valence-electron chi connectivity index (χ2n) is 18.3. The van der Waals surface area contributed by atoms with Crippen molar-refractivity contribution in [3.63, 3.8) is 0 Å². The summed E-state index contributed by atoms with van der Waals surface area (Å²) in [7, 11) is 0. The number of rotatable bonds is 11. The topological polar surface area (TPSA) is 210 Å². The molecule has 4 aromatic carbocycles. The van der Waals surface area contributed by atoms with Crippen LogP contribution in [0.1, 0.15) is 119 Å². The van der Waals surface area contributed by atoms with Crippen LogP contribution >= 0.6 is 0 Å². The Bertz CT molecular complexity index is 2420. The third-order valence-corrected chi connectivity index (χ3v) is 14.4. The molecule has 64 heavy (non-hydrogen) atoms. The molecule has 0 aromatic heterocycles. The molecule has 3 saturated heterocycles. The van der Waals surface area contributed by atoms with E-state index in [0.29, 0.717) is 75.1 Å². The predicted octanol–water partition coefficient (Wildman–Crippen LogP) is 5.49. The molecule has 0 radical (unpaired) electrons. The summed E-state index contributed by atoms with van der Waals surface area (Å²) in [5.74, 6) is -6.75. The molecule has 5 aliphatic rings. The van der Waals surface area contributed by atoms with Gasteiger partial charge in [0.1, 0.15) is 11.2 Å². The third-order valence-electron chi connectivity index (χ3n) is 14.4. The lowest BCUT2D eigenvalue weighted by atomic mass is 9.72. The first-order valence-corrected chi connectivity index (χ1v) is 22.7. The summed E-state index contributed by atoms with van der Waals surface area (Å²) in [5, 5.41) is 29.8. The SMILES string of the molecule is NCc1cccc(C2CCN(C(=O)c3cccc(NC(=O)C4(O)OC(C(=O)Nc5cccc(C(=O)N6CCC(c7cccc(CN)c7)CC6)c5)(C5(O)CCC5)OC45CCC5)c3)CC2)c1. The minimum atomic E-state index is -2.69. The Hall–Kier alpha value is -5.48. The molecule has 336 valence electrons. The van der Waals surface area contributed by atoms with Crippen molar-refractivity contribution in [2.75, 3.05) is 36.8 Å². The highest BCUT2D eigenvalue weighted by molar-refractivity contribution is 6.03. The van der Waals surface area contributed by atoms with Crippen LogP contribution in [0, 0.1) is 0 Å². The molecule has 14 nitrogen and oxygen atoms in total. The second-order valence-corrected chi connectivity index (χ2v) is 18.3. The van der Waals surface area contributed by atoms with Gasteiger partial charge in [-0.25, -0.2) is 0 Å². The zero-order valence-electron chi connectivity index (χ0n) is 36.1. The van der Waals surface area contributed by atoms with Crippen molar-refractivity contribution in [1.82, 2.24) is 9.80 Å². The van der Waals surface area contributed by atoms with Crippen LogP contribution in [-0.4, -0.2) is 92.6 Å². The number of aliphatic hydroxyl groups is 2. The number of anilines is 2. The largest absolute Gasteiger partial charge is 0.384 e. The highest BCUT2D eigenvalue weighted by Gasteiger charge is 2.79. The van der Waals surface area contributed by atoms with E-state index in [4.69, 9.17) is 20.9 Å². The number of nitrogens with two attached hydrogens (primary N) is 2. The van der Waals surface area contributed by atoms with Crippen LogP contribution in [0.25, 0.3) is 0 Å². The number of ether oxygens (including phenoxy) is 2. The van der Waals surface area contributed by atoms with Crippen LogP contribution in [-0.2, 0) is 32.2 Å². The molecule has 4 aromatic rings. The van der Waals surface area contributed by atoms with Crippen molar-refractivity contribution in [2.45, 2.75) is 112 Å². The molecule has 4 amide bonds. The minimum absolute atomic E-state index is 0.126. The Labute approximate surface area is 373 Å². The number of hydrogen-bond donors (Lipinski definition) is 6. The molecule has 0 bridgehead atoms. The lowest BCUT2D eigenvalue weighted by Crippen LogP contribution is -2.66. The first-order chi connectivity index (χ1) is 30.9. The number of carbonyl (C=O) groups excluding carboxylic acids is 4. The Morgan fingerprint density at radius 1 is 0.594 bits per heavy atom. The molecule has 1 spiro atoms. The zero-order chi connectivity index (χ0) is 44.7. The second kappa shape index (κ2) is 17.5. The van der Waals surface area contributed by atoms with Gasteiger partial charge in [0.05, 0.1) is 0 Å². The maximum absolute atomic E-state index is 14.6. The van der Waals surface area contributed by atoms with Gasteiger partial charge >= 0.3 is 0 Å². The number of likely N-dealkylation sites (tertiary alicyclic amines) is 2. The summed E-state index contributed by atoms with van der Waals surface area (Å²) in [6.07, 6.45) is 4.99. The predicted molar refractivity (Wildman–Crippen MR) is 240 cm³/mol. The molecule has 2 unspecified atom stereocenters. The van der Waals surface area contributed by atoms with E-state index in [0.717, 1.165) is 36.8 Å². The van der Waals surface area contributed by atoms with Gasteiger partial charge in [-0.15, -0.1) is 0 Å². The van der Waals surface area contributed by atoms with E-state index in [2.05, 4.69) is 34.9 Å². The lowest BCUT2D eigenvalue weighted by molar-refractivity contribution is -0.306. The van der Waals surface area contributed by atoms with E-state index in [9.17, 15) is 29.4 Å². The van der Waals surface area contributed by atoms with Crippen molar-refractivity contribution < 1.29 is 38.9 Å². The third kappa shape index (κ3) is 7.90. The van der Waals surface area contributed by atoms with Crippen LogP contribution in [0.2, 0.25) is 0 Å². The van der Waals surface area contributed by atoms with Crippen LogP contribution < -0.4 is 22.1 Å². The van der Waals surface area contributed by atoms with E-state index < -0.39 is 34.6 Å². The molecular weight excluding hydrogens is 813 g/mol. The standard InChI is InChI=1S/C50H58N6O8/c51-31-33-7-1-9-37(27-33)35-15-23-55(24-16-35)43(57)39-11-3-13-41(29-39)53-45(59)49(62)48(21-6-22-48)63-50(64-49,47(61)19-5-20-47)46(60)54-42-14-4-12-40(30-42)44(58)56-25-17-36(18-26-56)38-10-2-8-34(28-38)32-52/h1-4,7-14,27-30,35-36,61-62H,5-6,15-26,31-32,51-52H2,(H,53,59)(H,54,60). The average molecular weight is 871 g/mol. The van der Waals surface area contributed by atoms with Gasteiger partial charge in [0.2, 0.25) is 0 Å². The van der Waals surface area contributed by atoms with E-state index in [1.807, 2.05) is 29.2 Å². The van der Waals surface area contributed by atoms with Crippen LogP contribution in [0.4, 0.5) is 11.4 Å². The first-order valence-electron chi connectivity index (χ1n) is 22.7. The van der Waals surface area contributed by atoms with Crippen LogP contribution in [0.15, 0.2) is 97.1 Å². The quantitative estimate of drug-likeness (QED) is 0.112. The summed E-state index contributed by atoms with van der Waals surface area (Å²) in [6.45, 7) is 3.22. The monoisotopic (exact) mass is 870 g/mol. The highest BCUT2D eigenvalue weighted by Crippen LogP contribution is 2.60. The fraction of sp³-hybridized carbons (Fsp3) is 0.440. The Balaban J connectivity index is 0.879. The van der Waals surface area contributed by atoms with E-state index >= 15 is 0 Å². The number of hydrogen-bond acceptors (Lipinski definition) is 10. The molecule has 14 heteroatoms. The van der Waals surface area contributed by atoms with Gasteiger partial charge in [-0.2, -0.15) is 0 Å². The molecule has 2 aliphatic carbocycles. The molecule has 2 atom stereocenters. The summed E-state index contributed by atoms with van der Waals surface area (Å²) >= 11 is 0. The lowest BCUT2D eigenvalue weighted by Gasteiger charge is -2.48. The van der Waals surface area contributed by atoms with Crippen LogP contribution in [0.5, 0.6) is 0 Å². The van der Waals surface area contributed by atoms with Crippen molar-refractivity contribution in [3.8, 4) is 0 Å². The number of nitrogens with one attached hydrogen (secondary N) is 2. The molecular formula is C50H58N6O8. The Morgan fingerprint density at radius 3 is 1.47 bits per heavy atom. The number of nitrogens with zero attached hydrogens (tertiary/aromatic N) is 2. The summed E-state index contributed by atoms with van der Waals surface area (Å²) < 4.78 is 12.7. The highest BCUT2D eigenvalue weighted by atomic mass is 16.8. The van der Waals surface area contributed by atoms with Gasteiger partial charge in [-0.05, 0) is 135 Å². The van der Waals surface area contributed by atoms with Gasteiger partial charge in [0.15, 0.2) is 0 Å². The van der Waals surface area contributed by atoms with Crippen molar-refractivity contribution in [1.29, 1.82) is 0 Å². The summed E-state index contributed by atoms with van der Waals surface area (Å²) in [5.41, 5.74) is 14.1. The van der Waals surface area contributed by atoms with E-state index in [1.54, 1.807) is 53.4 Å². The molecule has 5 fully saturated rings. The fourth-order valence-electron chi connectivity index (χ4n) is 10.2. The molecule has 3 aliphatic heterocycles. The van der Waals surface area contributed by atoms with Gasteiger partial charge < -0.3 is 46.9 Å². The van der Waals surface area contributed by atoms with Crippen molar-refractivity contribution in [2.24, 2.45) is 11.5 Å². The number of benzene rings is 4. The molecule has 3 heterocycles. The van der Waals surface area contributed by atoms with E-state index in [-0.39, 0.29) is 48.9 Å². The number of piperidine rings is 2. The number of amides is 4. The van der Waals surface area contributed by atoms with E-state index in [1.165, 1.54) is 11.1 Å². The van der Waals surface area contributed by atoms with Gasteiger partial charge in [-0.3, -0.25) is 23.9 Å².